The molecule has 3 nitrogen and oxygen atoms in total. The van der Waals surface area contributed by atoms with Gasteiger partial charge in [-0.3, -0.25) is 0 Å². The highest BCUT2D eigenvalue weighted by molar-refractivity contribution is 5.89. The van der Waals surface area contributed by atoms with Crippen LogP contribution in [-0.4, -0.2) is 9.97 Å². The van der Waals surface area contributed by atoms with E-state index in [0.29, 0.717) is 5.82 Å². The molecule has 1 aromatic rings. The molecule has 54 valence electrons. The lowest BCUT2D eigenvalue weighted by Crippen LogP contribution is -1.97. The topological polar surface area (TPSA) is 51.8 Å². The van der Waals surface area contributed by atoms with Crippen molar-refractivity contribution < 1.29 is 0 Å². The number of aromatic nitrogens is 2. The molecule has 2 N–H and O–H groups in total. The van der Waals surface area contributed by atoms with Gasteiger partial charge in [0.2, 0.25) is 0 Å². The molecule has 0 amide bonds. The minimum atomic E-state index is 0.518. The zero-order chi connectivity index (χ0) is 7.84. The summed E-state index contributed by atoms with van der Waals surface area (Å²) in [4.78, 5) is 7.91. The standard InChI is InChI=1S/C8H7N3/c1-5-2-3-6-7(5)10-4-11-8(6)9/h2-4H,1H2,(H2,9,10,11). The number of nitrogens with two attached hydrogens (primary N) is 1. The molecule has 1 aliphatic rings. The van der Waals surface area contributed by atoms with Gasteiger partial charge < -0.3 is 5.73 Å². The van der Waals surface area contributed by atoms with Crippen LogP contribution in [0.4, 0.5) is 5.82 Å². The molecule has 2 rings (SSSR count). The lowest BCUT2D eigenvalue weighted by molar-refractivity contribution is 1.15. The first-order valence-corrected chi connectivity index (χ1v) is 3.27. The Kier molecular flexibility index (Phi) is 1.06. The fourth-order valence-corrected chi connectivity index (χ4v) is 1.09. The van der Waals surface area contributed by atoms with E-state index in [9.17, 15) is 0 Å². The molecule has 0 saturated heterocycles. The molecule has 0 saturated carbocycles. The van der Waals surface area contributed by atoms with Crippen LogP contribution in [0.5, 0.6) is 0 Å². The molecule has 0 aliphatic heterocycles. The average Bonchev–Trinajstić information content (AvgIpc) is 2.35. The van der Waals surface area contributed by atoms with E-state index in [-0.39, 0.29) is 0 Å². The van der Waals surface area contributed by atoms with Gasteiger partial charge in [-0.1, -0.05) is 12.7 Å². The molecule has 11 heavy (non-hydrogen) atoms. The number of nitrogens with zero attached hydrogens (tertiary/aromatic N) is 2. The summed E-state index contributed by atoms with van der Waals surface area (Å²) >= 11 is 0. The van der Waals surface area contributed by atoms with Crippen LogP contribution in [0.15, 0.2) is 19.0 Å². The molecule has 0 bridgehead atoms. The first kappa shape index (κ1) is 6.09. The Morgan fingerprint density at radius 1 is 1.27 bits per heavy atom. The Labute approximate surface area is 64.3 Å². The van der Waals surface area contributed by atoms with Crippen molar-refractivity contribution in [3.05, 3.63) is 30.2 Å². The van der Waals surface area contributed by atoms with E-state index in [0.717, 1.165) is 16.8 Å². The van der Waals surface area contributed by atoms with Crippen molar-refractivity contribution in [1.82, 2.24) is 9.97 Å². The van der Waals surface area contributed by atoms with Crippen molar-refractivity contribution in [2.45, 2.75) is 0 Å². The number of hydrogen-bond acceptors (Lipinski definition) is 3. The van der Waals surface area contributed by atoms with Crippen molar-refractivity contribution >= 4 is 17.5 Å². The number of anilines is 1. The maximum absolute atomic E-state index is 5.59. The zero-order valence-corrected chi connectivity index (χ0v) is 5.91. The lowest BCUT2D eigenvalue weighted by Gasteiger charge is -1.99. The molecular formula is C8H7N3. The quantitative estimate of drug-likeness (QED) is 0.594. The Morgan fingerprint density at radius 2 is 2.09 bits per heavy atom. The van der Waals surface area contributed by atoms with Crippen LogP contribution in [0.2, 0.25) is 0 Å². The van der Waals surface area contributed by atoms with Gasteiger partial charge in [0.05, 0.1) is 5.69 Å². The molecule has 0 atom stereocenters. The molecule has 1 aliphatic carbocycles. The Morgan fingerprint density at radius 3 is 2.82 bits per heavy atom. The van der Waals surface area contributed by atoms with Crippen molar-refractivity contribution in [3.63, 3.8) is 0 Å². The number of nitrogen functional groups attached to an aromatic ring is 1. The fraction of sp³-hybridized carbons (Fsp3) is 0. The van der Waals surface area contributed by atoms with Gasteiger partial charge in [-0.2, -0.15) is 0 Å². The maximum atomic E-state index is 5.59. The van der Waals surface area contributed by atoms with Gasteiger partial charge in [-0.15, -0.1) is 0 Å². The molecular weight excluding hydrogens is 138 g/mol. The normalized spacial score (nSPS) is 13.6. The highest BCUT2D eigenvalue weighted by atomic mass is 14.9. The highest BCUT2D eigenvalue weighted by Gasteiger charge is 2.12. The first-order chi connectivity index (χ1) is 5.29. The first-order valence-electron chi connectivity index (χ1n) is 3.27. The van der Waals surface area contributed by atoms with E-state index < -0.39 is 0 Å². The third kappa shape index (κ3) is 0.741. The Balaban J connectivity index is 2.74. The van der Waals surface area contributed by atoms with E-state index in [1.54, 1.807) is 0 Å². The van der Waals surface area contributed by atoms with Crippen LogP contribution in [0, 0.1) is 0 Å². The van der Waals surface area contributed by atoms with Gasteiger partial charge in [0.25, 0.3) is 0 Å². The Hall–Kier alpha value is -1.64. The third-order valence-corrected chi connectivity index (χ3v) is 1.67. The Bertz CT molecular complexity index is 352. The van der Waals surface area contributed by atoms with E-state index in [1.807, 2.05) is 12.2 Å². The van der Waals surface area contributed by atoms with Crippen LogP contribution in [0.1, 0.15) is 11.3 Å². The van der Waals surface area contributed by atoms with Crippen LogP contribution in [0.3, 0.4) is 0 Å². The summed E-state index contributed by atoms with van der Waals surface area (Å²) < 4.78 is 0. The predicted octanol–water partition coefficient (Wildman–Crippen LogP) is 1.10. The molecule has 1 heterocycles. The second-order valence-electron chi connectivity index (χ2n) is 2.38. The number of rotatable bonds is 0. The van der Waals surface area contributed by atoms with Gasteiger partial charge in [0, 0.05) is 5.56 Å². The van der Waals surface area contributed by atoms with Crippen molar-refractivity contribution in [3.8, 4) is 0 Å². The second-order valence-corrected chi connectivity index (χ2v) is 2.38. The molecule has 0 spiro atoms. The van der Waals surface area contributed by atoms with Gasteiger partial charge in [-0.05, 0) is 11.6 Å². The summed E-state index contributed by atoms with van der Waals surface area (Å²) in [5.74, 6) is 0.518. The van der Waals surface area contributed by atoms with Gasteiger partial charge in [-0.25, -0.2) is 9.97 Å². The zero-order valence-electron chi connectivity index (χ0n) is 5.91. The van der Waals surface area contributed by atoms with Crippen LogP contribution < -0.4 is 5.73 Å². The van der Waals surface area contributed by atoms with Crippen LogP contribution in [-0.2, 0) is 0 Å². The largest absolute Gasteiger partial charge is 0.383 e. The number of allylic oxidation sites excluding steroid dienone is 2. The van der Waals surface area contributed by atoms with Crippen LogP contribution >= 0.6 is 0 Å². The van der Waals surface area contributed by atoms with Gasteiger partial charge >= 0.3 is 0 Å². The summed E-state index contributed by atoms with van der Waals surface area (Å²) in [7, 11) is 0. The van der Waals surface area contributed by atoms with E-state index in [1.165, 1.54) is 6.33 Å². The SMILES string of the molecule is C=C1C=Cc2c(N)ncnc21. The minimum absolute atomic E-state index is 0.518. The molecule has 0 fully saturated rings. The smallest absolute Gasteiger partial charge is 0.134 e. The van der Waals surface area contributed by atoms with Crippen molar-refractivity contribution in [1.29, 1.82) is 0 Å². The highest BCUT2D eigenvalue weighted by Crippen LogP contribution is 2.27. The molecule has 0 aromatic carbocycles. The molecule has 0 radical (unpaired) electrons. The predicted molar refractivity (Wildman–Crippen MR) is 44.5 cm³/mol. The average molecular weight is 145 g/mol. The third-order valence-electron chi connectivity index (χ3n) is 1.67. The van der Waals surface area contributed by atoms with E-state index in [2.05, 4.69) is 16.5 Å². The monoisotopic (exact) mass is 145 g/mol. The summed E-state index contributed by atoms with van der Waals surface area (Å²) in [6.07, 6.45) is 5.22. The van der Waals surface area contributed by atoms with Crippen LogP contribution in [0.25, 0.3) is 11.6 Å². The summed E-state index contributed by atoms with van der Waals surface area (Å²) in [6, 6.07) is 0. The summed E-state index contributed by atoms with van der Waals surface area (Å²) in [5.41, 5.74) is 8.22. The van der Waals surface area contributed by atoms with Crippen molar-refractivity contribution in [2.24, 2.45) is 0 Å². The summed E-state index contributed by atoms with van der Waals surface area (Å²) in [5, 5.41) is 0. The van der Waals surface area contributed by atoms with E-state index >= 15 is 0 Å². The molecule has 0 unspecified atom stereocenters. The lowest BCUT2D eigenvalue weighted by atomic mass is 10.2. The van der Waals surface area contributed by atoms with Crippen molar-refractivity contribution in [2.75, 3.05) is 5.73 Å². The fourth-order valence-electron chi connectivity index (χ4n) is 1.09. The summed E-state index contributed by atoms with van der Waals surface area (Å²) in [6.45, 7) is 3.80. The second kappa shape index (κ2) is 1.92. The van der Waals surface area contributed by atoms with Gasteiger partial charge in [0.1, 0.15) is 12.1 Å². The molecule has 1 aromatic heterocycles. The number of fused-ring (bicyclic) bond motifs is 1. The molecule has 3 heteroatoms. The van der Waals surface area contributed by atoms with E-state index in [4.69, 9.17) is 5.73 Å². The van der Waals surface area contributed by atoms with Gasteiger partial charge in [0.15, 0.2) is 0 Å². The maximum Gasteiger partial charge on any atom is 0.134 e. The number of hydrogen-bond donors (Lipinski definition) is 1. The minimum Gasteiger partial charge on any atom is -0.383 e.